The number of urea groups is 1. The van der Waals surface area contributed by atoms with Crippen LogP contribution in [0, 0.1) is 0 Å². The highest BCUT2D eigenvalue weighted by Crippen LogP contribution is 2.21. The summed E-state index contributed by atoms with van der Waals surface area (Å²) in [6, 6.07) is 22.3. The average molecular weight is 351 g/mol. The van der Waals surface area contributed by atoms with Crippen LogP contribution < -0.4 is 10.6 Å². The van der Waals surface area contributed by atoms with Gasteiger partial charge in [0.2, 0.25) is 0 Å². The third-order valence-electron chi connectivity index (χ3n) is 3.56. The quantitative estimate of drug-likeness (QED) is 0.634. The molecule has 0 saturated heterocycles. The van der Waals surface area contributed by atoms with Crippen LogP contribution in [0.1, 0.15) is 15.9 Å². The molecule has 0 spiro atoms. The summed E-state index contributed by atoms with van der Waals surface area (Å²) in [6.45, 7) is 0. The largest absolute Gasteiger partial charge is 0.323 e. The Hall–Kier alpha value is -3.11. The predicted octanol–water partition coefficient (Wildman–Crippen LogP) is 5.22. The highest BCUT2D eigenvalue weighted by atomic mass is 35.5. The summed E-state index contributed by atoms with van der Waals surface area (Å²) in [5.41, 5.74) is 2.29. The number of anilines is 2. The van der Waals surface area contributed by atoms with E-state index in [0.29, 0.717) is 27.5 Å². The van der Waals surface area contributed by atoms with E-state index in [4.69, 9.17) is 11.6 Å². The third kappa shape index (κ3) is 4.25. The molecule has 0 heterocycles. The second kappa shape index (κ2) is 7.64. The number of para-hydroxylation sites is 1. The van der Waals surface area contributed by atoms with E-state index in [2.05, 4.69) is 10.6 Å². The molecular weight excluding hydrogens is 336 g/mol. The molecular formula is C20H15ClN2O2. The SMILES string of the molecule is O=C(Nc1ccc(C(=O)c2ccccc2)cc1)Nc1ccccc1Cl. The molecule has 25 heavy (non-hydrogen) atoms. The number of benzene rings is 3. The maximum Gasteiger partial charge on any atom is 0.323 e. The number of rotatable bonds is 4. The Labute approximate surface area is 150 Å². The number of hydrogen-bond acceptors (Lipinski definition) is 2. The zero-order valence-corrected chi connectivity index (χ0v) is 14.0. The monoisotopic (exact) mass is 350 g/mol. The minimum absolute atomic E-state index is 0.0623. The van der Waals surface area contributed by atoms with Crippen LogP contribution in [0.4, 0.5) is 16.2 Å². The fraction of sp³-hybridized carbons (Fsp3) is 0. The topological polar surface area (TPSA) is 58.2 Å². The van der Waals surface area contributed by atoms with Gasteiger partial charge in [-0.05, 0) is 36.4 Å². The van der Waals surface area contributed by atoms with E-state index in [-0.39, 0.29) is 5.78 Å². The van der Waals surface area contributed by atoms with Crippen LogP contribution in [0.15, 0.2) is 78.9 Å². The van der Waals surface area contributed by atoms with Crippen molar-refractivity contribution in [2.45, 2.75) is 0 Å². The van der Waals surface area contributed by atoms with Crippen LogP contribution in [0.25, 0.3) is 0 Å². The Morgan fingerprint density at radius 1 is 0.680 bits per heavy atom. The van der Waals surface area contributed by atoms with Crippen LogP contribution >= 0.6 is 11.6 Å². The molecule has 0 bridgehead atoms. The Balaban J connectivity index is 1.66. The normalized spacial score (nSPS) is 10.1. The van der Waals surface area contributed by atoms with E-state index in [1.165, 1.54) is 0 Å². The van der Waals surface area contributed by atoms with Crippen molar-refractivity contribution in [1.82, 2.24) is 0 Å². The first-order chi connectivity index (χ1) is 12.1. The summed E-state index contributed by atoms with van der Waals surface area (Å²) >= 11 is 6.01. The lowest BCUT2D eigenvalue weighted by Gasteiger charge is -2.09. The number of carbonyl (C=O) groups is 2. The summed E-state index contributed by atoms with van der Waals surface area (Å²) in [7, 11) is 0. The van der Waals surface area contributed by atoms with Crippen LogP contribution in [0.3, 0.4) is 0 Å². The van der Waals surface area contributed by atoms with Gasteiger partial charge in [-0.1, -0.05) is 54.1 Å². The molecule has 0 fully saturated rings. The molecule has 0 aliphatic carbocycles. The number of halogens is 1. The van der Waals surface area contributed by atoms with Gasteiger partial charge in [-0.2, -0.15) is 0 Å². The van der Waals surface area contributed by atoms with Crippen molar-refractivity contribution in [1.29, 1.82) is 0 Å². The summed E-state index contributed by atoms with van der Waals surface area (Å²) in [6.07, 6.45) is 0. The van der Waals surface area contributed by atoms with E-state index < -0.39 is 6.03 Å². The molecule has 4 nitrogen and oxygen atoms in total. The van der Waals surface area contributed by atoms with Gasteiger partial charge in [0.05, 0.1) is 10.7 Å². The summed E-state index contributed by atoms with van der Waals surface area (Å²) in [4.78, 5) is 24.4. The molecule has 0 aromatic heterocycles. The van der Waals surface area contributed by atoms with E-state index in [1.54, 1.807) is 60.7 Å². The number of ketones is 1. The molecule has 2 amide bonds. The minimum Gasteiger partial charge on any atom is -0.308 e. The molecule has 124 valence electrons. The zero-order chi connectivity index (χ0) is 17.6. The second-order valence-electron chi connectivity index (χ2n) is 5.33. The van der Waals surface area contributed by atoms with Gasteiger partial charge in [-0.3, -0.25) is 4.79 Å². The molecule has 5 heteroatoms. The van der Waals surface area contributed by atoms with Gasteiger partial charge >= 0.3 is 6.03 Å². The number of nitrogens with one attached hydrogen (secondary N) is 2. The number of carbonyl (C=O) groups excluding carboxylic acids is 2. The van der Waals surface area contributed by atoms with Crippen molar-refractivity contribution >= 4 is 34.8 Å². The van der Waals surface area contributed by atoms with Gasteiger partial charge in [0.15, 0.2) is 5.78 Å². The third-order valence-corrected chi connectivity index (χ3v) is 3.89. The van der Waals surface area contributed by atoms with Crippen molar-refractivity contribution in [3.05, 3.63) is 95.0 Å². The van der Waals surface area contributed by atoms with Crippen molar-refractivity contribution in [2.75, 3.05) is 10.6 Å². The molecule has 3 aromatic rings. The molecule has 0 aliphatic rings. The first-order valence-electron chi connectivity index (χ1n) is 7.66. The van der Waals surface area contributed by atoms with Crippen LogP contribution in [0.5, 0.6) is 0 Å². The summed E-state index contributed by atoms with van der Waals surface area (Å²) < 4.78 is 0. The maximum absolute atomic E-state index is 12.3. The molecule has 0 saturated carbocycles. The van der Waals surface area contributed by atoms with E-state index in [0.717, 1.165) is 0 Å². The Bertz CT molecular complexity index is 893. The smallest absolute Gasteiger partial charge is 0.308 e. The fourth-order valence-corrected chi connectivity index (χ4v) is 2.49. The first kappa shape index (κ1) is 16.7. The average Bonchev–Trinajstić information content (AvgIpc) is 2.64. The van der Waals surface area contributed by atoms with Crippen molar-refractivity contribution < 1.29 is 9.59 Å². The summed E-state index contributed by atoms with van der Waals surface area (Å²) in [5.74, 6) is -0.0623. The van der Waals surface area contributed by atoms with Crippen molar-refractivity contribution in [3.63, 3.8) is 0 Å². The van der Waals surface area contributed by atoms with Gasteiger partial charge in [0.25, 0.3) is 0 Å². The van der Waals surface area contributed by atoms with Gasteiger partial charge in [0, 0.05) is 16.8 Å². The molecule has 0 atom stereocenters. The van der Waals surface area contributed by atoms with Crippen LogP contribution in [-0.4, -0.2) is 11.8 Å². The lowest BCUT2D eigenvalue weighted by Crippen LogP contribution is -2.19. The number of amides is 2. The van der Waals surface area contributed by atoms with Crippen molar-refractivity contribution in [2.24, 2.45) is 0 Å². The molecule has 0 unspecified atom stereocenters. The lowest BCUT2D eigenvalue weighted by atomic mass is 10.0. The van der Waals surface area contributed by atoms with Crippen molar-refractivity contribution in [3.8, 4) is 0 Å². The molecule has 3 aromatic carbocycles. The zero-order valence-electron chi connectivity index (χ0n) is 13.2. The standard InChI is InChI=1S/C20H15ClN2O2/c21-17-8-4-5-9-18(17)23-20(25)22-16-12-10-15(11-13-16)19(24)14-6-2-1-3-7-14/h1-13H,(H2,22,23,25). The predicted molar refractivity (Wildman–Crippen MR) is 100 cm³/mol. The van der Waals surface area contributed by atoms with Crippen LogP contribution in [-0.2, 0) is 0 Å². The molecule has 0 radical (unpaired) electrons. The molecule has 0 aliphatic heterocycles. The van der Waals surface area contributed by atoms with Gasteiger partial charge in [-0.25, -0.2) is 4.79 Å². The fourth-order valence-electron chi connectivity index (χ4n) is 2.31. The summed E-state index contributed by atoms with van der Waals surface area (Å²) in [5, 5.41) is 5.84. The van der Waals surface area contributed by atoms with Gasteiger partial charge < -0.3 is 10.6 Å². The Morgan fingerprint density at radius 3 is 1.96 bits per heavy atom. The number of hydrogen-bond donors (Lipinski definition) is 2. The Morgan fingerprint density at radius 2 is 1.28 bits per heavy atom. The van der Waals surface area contributed by atoms with Crippen LogP contribution in [0.2, 0.25) is 5.02 Å². The molecule has 3 rings (SSSR count). The minimum atomic E-state index is -0.407. The van der Waals surface area contributed by atoms with E-state index in [1.807, 2.05) is 18.2 Å². The second-order valence-corrected chi connectivity index (χ2v) is 5.74. The molecule has 2 N–H and O–H groups in total. The highest BCUT2D eigenvalue weighted by molar-refractivity contribution is 6.33. The Kier molecular flexibility index (Phi) is 5.11. The van der Waals surface area contributed by atoms with E-state index in [9.17, 15) is 9.59 Å². The van der Waals surface area contributed by atoms with E-state index >= 15 is 0 Å². The maximum atomic E-state index is 12.3. The first-order valence-corrected chi connectivity index (χ1v) is 8.03. The lowest BCUT2D eigenvalue weighted by molar-refractivity contribution is 0.103. The van der Waals surface area contributed by atoms with Gasteiger partial charge in [-0.15, -0.1) is 0 Å². The highest BCUT2D eigenvalue weighted by Gasteiger charge is 2.09. The van der Waals surface area contributed by atoms with Gasteiger partial charge in [0.1, 0.15) is 0 Å².